The first-order valence-corrected chi connectivity index (χ1v) is 6.54. The molecule has 2 fully saturated rings. The zero-order valence-corrected chi connectivity index (χ0v) is 11.0. The van der Waals surface area contributed by atoms with Crippen molar-refractivity contribution in [1.29, 1.82) is 0 Å². The van der Waals surface area contributed by atoms with Crippen molar-refractivity contribution in [1.82, 2.24) is 10.2 Å². The Bertz CT molecular complexity index is 373. The molecule has 0 radical (unpaired) electrons. The van der Waals surface area contributed by atoms with E-state index in [0.717, 1.165) is 18.7 Å². The van der Waals surface area contributed by atoms with Gasteiger partial charge in [0.15, 0.2) is 5.96 Å². The summed E-state index contributed by atoms with van der Waals surface area (Å²) in [5.41, 5.74) is 6.72. The summed E-state index contributed by atoms with van der Waals surface area (Å²) in [6.45, 7) is 7.83. The number of carbonyl (C=O) groups is 1. The van der Waals surface area contributed by atoms with E-state index in [2.05, 4.69) is 16.9 Å². The summed E-state index contributed by atoms with van der Waals surface area (Å²) in [7, 11) is 0. The van der Waals surface area contributed by atoms with E-state index in [4.69, 9.17) is 5.73 Å². The molecule has 2 aliphatic rings. The van der Waals surface area contributed by atoms with Crippen molar-refractivity contribution >= 4 is 11.9 Å². The molecular formula is C13H22N4O. The third-order valence-corrected chi connectivity index (χ3v) is 3.32. The van der Waals surface area contributed by atoms with Crippen molar-refractivity contribution < 1.29 is 4.79 Å². The first-order chi connectivity index (χ1) is 8.56. The normalized spacial score (nSPS) is 24.5. The van der Waals surface area contributed by atoms with Crippen molar-refractivity contribution in [3.63, 3.8) is 0 Å². The molecule has 1 saturated carbocycles. The highest BCUT2D eigenvalue weighted by molar-refractivity contribution is 5.80. The third kappa shape index (κ3) is 3.48. The Kier molecular flexibility index (Phi) is 3.89. The number of nitrogens with two attached hydrogens (primary N) is 1. The molecule has 3 N–H and O–H groups in total. The van der Waals surface area contributed by atoms with Crippen LogP contribution >= 0.6 is 0 Å². The fourth-order valence-corrected chi connectivity index (χ4v) is 2.21. The molecule has 1 aliphatic carbocycles. The van der Waals surface area contributed by atoms with Crippen molar-refractivity contribution in [3.8, 4) is 0 Å². The second-order valence-corrected chi connectivity index (χ2v) is 5.39. The van der Waals surface area contributed by atoms with Gasteiger partial charge in [-0.1, -0.05) is 12.2 Å². The Morgan fingerprint density at radius 3 is 2.94 bits per heavy atom. The maximum Gasteiger partial charge on any atom is 0.223 e. The summed E-state index contributed by atoms with van der Waals surface area (Å²) in [6.07, 6.45) is 2.99. The van der Waals surface area contributed by atoms with E-state index in [0.29, 0.717) is 36.8 Å². The number of nitrogens with one attached hydrogen (secondary N) is 1. The maximum absolute atomic E-state index is 11.8. The molecular weight excluding hydrogens is 228 g/mol. The number of nitrogens with zero attached hydrogens (tertiary/aromatic N) is 2. The van der Waals surface area contributed by atoms with Gasteiger partial charge in [0.2, 0.25) is 5.91 Å². The lowest BCUT2D eigenvalue weighted by Gasteiger charge is -2.15. The second kappa shape index (κ2) is 5.42. The van der Waals surface area contributed by atoms with Crippen LogP contribution in [0.5, 0.6) is 0 Å². The first kappa shape index (κ1) is 12.9. The zero-order chi connectivity index (χ0) is 13.1. The van der Waals surface area contributed by atoms with Crippen LogP contribution in [0.25, 0.3) is 0 Å². The van der Waals surface area contributed by atoms with Gasteiger partial charge in [0.05, 0.1) is 6.54 Å². The van der Waals surface area contributed by atoms with Crippen LogP contribution in [0, 0.1) is 5.92 Å². The van der Waals surface area contributed by atoms with Crippen molar-refractivity contribution in [2.24, 2.45) is 16.6 Å². The van der Waals surface area contributed by atoms with Crippen molar-refractivity contribution in [3.05, 3.63) is 12.2 Å². The molecule has 1 amide bonds. The van der Waals surface area contributed by atoms with E-state index < -0.39 is 0 Å². The number of hydrogen-bond donors (Lipinski definition) is 2. The fraction of sp³-hybridized carbons (Fsp3) is 0.692. The number of guanidine groups is 1. The number of hydrogen-bond acceptors (Lipinski definition) is 2. The van der Waals surface area contributed by atoms with Crippen LogP contribution in [-0.2, 0) is 4.79 Å². The predicted octanol–water partition coefficient (Wildman–Crippen LogP) is 0.478. The maximum atomic E-state index is 11.8. The topological polar surface area (TPSA) is 70.7 Å². The Morgan fingerprint density at radius 1 is 1.61 bits per heavy atom. The van der Waals surface area contributed by atoms with Crippen LogP contribution in [0.2, 0.25) is 0 Å². The SMILES string of the molecule is C=C(C)CN=C(N)NCC1CC(=O)N(C2CC2)C1. The Labute approximate surface area is 108 Å². The summed E-state index contributed by atoms with van der Waals surface area (Å²) in [5, 5.41) is 3.09. The third-order valence-electron chi connectivity index (χ3n) is 3.32. The van der Waals surface area contributed by atoms with Crippen LogP contribution in [0.15, 0.2) is 17.1 Å². The molecule has 0 bridgehead atoms. The van der Waals surface area contributed by atoms with Gasteiger partial charge in [-0.05, 0) is 19.8 Å². The highest BCUT2D eigenvalue weighted by Crippen LogP contribution is 2.32. The van der Waals surface area contributed by atoms with E-state index in [1.54, 1.807) is 0 Å². The molecule has 1 unspecified atom stereocenters. The predicted molar refractivity (Wildman–Crippen MR) is 72.1 cm³/mol. The van der Waals surface area contributed by atoms with Gasteiger partial charge >= 0.3 is 0 Å². The molecule has 0 aromatic rings. The van der Waals surface area contributed by atoms with Crippen LogP contribution < -0.4 is 11.1 Å². The quantitative estimate of drug-likeness (QED) is 0.423. The minimum Gasteiger partial charge on any atom is -0.370 e. The lowest BCUT2D eigenvalue weighted by atomic mass is 10.1. The molecule has 18 heavy (non-hydrogen) atoms. The lowest BCUT2D eigenvalue weighted by Crippen LogP contribution is -2.36. The Balaban J connectivity index is 1.72. The fourth-order valence-electron chi connectivity index (χ4n) is 2.21. The standard InChI is InChI=1S/C13H22N4O/c1-9(2)6-15-13(14)16-7-10-5-12(18)17(8-10)11-3-4-11/h10-11H,1,3-8H2,2H3,(H3,14,15,16). The summed E-state index contributed by atoms with van der Waals surface area (Å²) in [4.78, 5) is 17.9. The molecule has 0 aromatic carbocycles. The largest absolute Gasteiger partial charge is 0.370 e. The highest BCUT2D eigenvalue weighted by atomic mass is 16.2. The van der Waals surface area contributed by atoms with E-state index in [-0.39, 0.29) is 0 Å². The molecule has 1 atom stereocenters. The number of rotatable bonds is 5. The molecule has 0 aromatic heterocycles. The smallest absolute Gasteiger partial charge is 0.223 e. The average molecular weight is 250 g/mol. The number of likely N-dealkylation sites (tertiary alicyclic amines) is 1. The molecule has 2 rings (SSSR count). The minimum absolute atomic E-state index is 0.293. The zero-order valence-electron chi connectivity index (χ0n) is 11.0. The summed E-state index contributed by atoms with van der Waals surface area (Å²) >= 11 is 0. The highest BCUT2D eigenvalue weighted by Gasteiger charge is 2.38. The van der Waals surface area contributed by atoms with Gasteiger partial charge in [-0.15, -0.1) is 0 Å². The molecule has 1 aliphatic heterocycles. The summed E-state index contributed by atoms with van der Waals surface area (Å²) < 4.78 is 0. The van der Waals surface area contributed by atoms with Crippen molar-refractivity contribution in [2.45, 2.75) is 32.2 Å². The van der Waals surface area contributed by atoms with Gasteiger partial charge in [-0.3, -0.25) is 4.79 Å². The van der Waals surface area contributed by atoms with Gasteiger partial charge in [-0.2, -0.15) is 0 Å². The van der Waals surface area contributed by atoms with Gasteiger partial charge in [-0.25, -0.2) is 4.99 Å². The van der Waals surface area contributed by atoms with E-state index in [9.17, 15) is 4.79 Å². The van der Waals surface area contributed by atoms with Gasteiger partial charge in [0.1, 0.15) is 0 Å². The van der Waals surface area contributed by atoms with Crippen LogP contribution in [0.4, 0.5) is 0 Å². The van der Waals surface area contributed by atoms with E-state index >= 15 is 0 Å². The van der Waals surface area contributed by atoms with E-state index in [1.165, 1.54) is 12.8 Å². The second-order valence-electron chi connectivity index (χ2n) is 5.39. The molecule has 1 heterocycles. The van der Waals surface area contributed by atoms with Crippen LogP contribution in [0.3, 0.4) is 0 Å². The average Bonchev–Trinajstić information content (AvgIpc) is 3.08. The Hall–Kier alpha value is -1.52. The molecule has 100 valence electrons. The monoisotopic (exact) mass is 250 g/mol. The van der Waals surface area contributed by atoms with Gasteiger partial charge in [0.25, 0.3) is 0 Å². The summed E-state index contributed by atoms with van der Waals surface area (Å²) in [5.74, 6) is 1.09. The molecule has 0 spiro atoms. The lowest BCUT2D eigenvalue weighted by molar-refractivity contribution is -0.128. The Morgan fingerprint density at radius 2 is 2.33 bits per heavy atom. The van der Waals surface area contributed by atoms with Crippen LogP contribution in [-0.4, -0.2) is 42.4 Å². The number of amides is 1. The molecule has 1 saturated heterocycles. The molecule has 5 nitrogen and oxygen atoms in total. The van der Waals surface area contributed by atoms with E-state index in [1.807, 2.05) is 11.8 Å². The van der Waals surface area contributed by atoms with Crippen LogP contribution in [0.1, 0.15) is 26.2 Å². The number of aliphatic imine (C=N–C) groups is 1. The van der Waals surface area contributed by atoms with Gasteiger partial charge in [0, 0.05) is 31.5 Å². The first-order valence-electron chi connectivity index (χ1n) is 6.54. The summed E-state index contributed by atoms with van der Waals surface area (Å²) in [6, 6.07) is 0.525. The number of carbonyl (C=O) groups excluding carboxylic acids is 1. The minimum atomic E-state index is 0.293. The molecule has 5 heteroatoms. The van der Waals surface area contributed by atoms with Crippen molar-refractivity contribution in [2.75, 3.05) is 19.6 Å². The van der Waals surface area contributed by atoms with Gasteiger partial charge < -0.3 is 16.0 Å².